The van der Waals surface area contributed by atoms with E-state index in [1.54, 1.807) is 19.2 Å². The first-order valence-electron chi connectivity index (χ1n) is 11.4. The monoisotopic (exact) mass is 463 g/mol. The van der Waals surface area contributed by atoms with Crippen molar-refractivity contribution in [2.75, 3.05) is 7.11 Å². The lowest BCUT2D eigenvalue weighted by molar-refractivity contribution is -0.129. The summed E-state index contributed by atoms with van der Waals surface area (Å²) in [5.74, 6) is -0.485. The fourth-order valence-corrected chi connectivity index (χ4v) is 4.42. The first-order chi connectivity index (χ1) is 16.5. The average molecular weight is 464 g/mol. The van der Waals surface area contributed by atoms with Crippen molar-refractivity contribution >= 4 is 23.4 Å². The third-order valence-electron chi connectivity index (χ3n) is 6.13. The lowest BCUT2D eigenvalue weighted by atomic mass is 9.95. The zero-order chi connectivity index (χ0) is 24.1. The Labute approximate surface area is 198 Å². The molecule has 0 saturated carbocycles. The van der Waals surface area contributed by atoms with Crippen LogP contribution in [0.4, 0.5) is 20.6 Å². The lowest BCUT2D eigenvalue weighted by Gasteiger charge is -2.30. The van der Waals surface area contributed by atoms with E-state index in [0.717, 1.165) is 24.0 Å². The molecule has 3 aromatic carbocycles. The van der Waals surface area contributed by atoms with Crippen LogP contribution in [0, 0.1) is 5.82 Å². The molecule has 3 aromatic rings. The summed E-state index contributed by atoms with van der Waals surface area (Å²) in [6.07, 6.45) is 1.64. The van der Waals surface area contributed by atoms with E-state index in [9.17, 15) is 14.0 Å². The largest absolute Gasteiger partial charge is 0.497 e. The molecule has 1 aliphatic heterocycles. The number of nitrogens with zero attached hydrogens (tertiary/aromatic N) is 1. The van der Waals surface area contributed by atoms with Crippen molar-refractivity contribution in [3.8, 4) is 5.75 Å². The van der Waals surface area contributed by atoms with Gasteiger partial charge in [-0.05, 0) is 36.2 Å². The van der Waals surface area contributed by atoms with Crippen LogP contribution in [0.2, 0.25) is 0 Å². The third-order valence-corrected chi connectivity index (χ3v) is 6.13. The molecule has 176 valence electrons. The number of methoxy groups -OCH3 is 1. The van der Waals surface area contributed by atoms with Crippen LogP contribution in [0.3, 0.4) is 0 Å². The van der Waals surface area contributed by atoms with Crippen molar-refractivity contribution in [2.24, 2.45) is 0 Å². The van der Waals surface area contributed by atoms with Gasteiger partial charge in [0.05, 0.1) is 7.11 Å². The van der Waals surface area contributed by atoms with Crippen LogP contribution >= 0.6 is 0 Å². The third kappa shape index (κ3) is 4.39. The zero-order valence-electron chi connectivity index (χ0n) is 19.3. The summed E-state index contributed by atoms with van der Waals surface area (Å²) in [6.45, 7) is 2.12. The van der Waals surface area contributed by atoms with Crippen molar-refractivity contribution in [1.82, 2.24) is 10.0 Å². The molecule has 0 bridgehead atoms. The normalized spacial score (nSPS) is 18.9. The molecule has 0 saturated heterocycles. The van der Waals surface area contributed by atoms with E-state index in [0.29, 0.717) is 23.5 Å². The maximum atomic E-state index is 14.1. The molecule has 7 heteroatoms. The predicted molar refractivity (Wildman–Crippen MR) is 128 cm³/mol. The maximum Gasteiger partial charge on any atom is 0.453 e. The molecule has 1 aliphatic rings. The Kier molecular flexibility index (Phi) is 6.93. The number of benzene rings is 3. The van der Waals surface area contributed by atoms with Crippen molar-refractivity contribution in [2.45, 2.75) is 38.7 Å². The van der Waals surface area contributed by atoms with Gasteiger partial charge in [-0.25, -0.2) is 14.0 Å². The van der Waals surface area contributed by atoms with Gasteiger partial charge in [-0.2, -0.15) is 0 Å². The smallest absolute Gasteiger partial charge is 0.453 e. The fraction of sp³-hybridized carbons (Fsp3) is 0.259. The lowest BCUT2D eigenvalue weighted by Crippen LogP contribution is -2.60. The molecule has 2 atom stereocenters. The molecular weight excluding hydrogens is 435 g/mol. The molecule has 0 radical (unpaired) electrons. The Hall–Kier alpha value is -3.71. The number of fused-ring (bicyclic) bond motifs is 1. The van der Waals surface area contributed by atoms with E-state index in [4.69, 9.17) is 9.47 Å². The summed E-state index contributed by atoms with van der Waals surface area (Å²) in [7, 11) is 1.57. The molecule has 6 nitrogen and oxygen atoms in total. The molecule has 1 heterocycles. The first kappa shape index (κ1) is 23.4. The minimum atomic E-state index is -0.751. The molecule has 4 rings (SSSR count). The number of hydrogen-bond acceptors (Lipinski definition) is 4. The number of carbonyl (C=O) groups is 2. The van der Waals surface area contributed by atoms with E-state index in [1.807, 2.05) is 36.4 Å². The number of nitrogens with one attached hydrogen (secondary N) is 1. The van der Waals surface area contributed by atoms with Crippen molar-refractivity contribution in [3.05, 3.63) is 89.7 Å². The number of halogens is 1. The second-order valence-corrected chi connectivity index (χ2v) is 8.28. The highest BCUT2D eigenvalue weighted by Gasteiger charge is 2.57. The number of ether oxygens (including phenoxy) is 2. The Balaban J connectivity index is 1.77. The molecule has 0 fully saturated rings. The van der Waals surface area contributed by atoms with Crippen LogP contribution in [-0.2, 0) is 16.1 Å². The van der Waals surface area contributed by atoms with Gasteiger partial charge in [0.25, 0.3) is 0 Å². The van der Waals surface area contributed by atoms with Crippen molar-refractivity contribution < 1.29 is 23.5 Å². The van der Waals surface area contributed by atoms with E-state index in [1.165, 1.54) is 24.3 Å². The molecule has 0 aliphatic carbocycles. The molecule has 0 aromatic heterocycles. The number of unbranched alkanes of at least 4 members (excludes halogenated alkanes) is 1. The van der Waals surface area contributed by atoms with Gasteiger partial charge in [0, 0.05) is 23.8 Å². The van der Waals surface area contributed by atoms with Gasteiger partial charge in [0.15, 0.2) is 11.4 Å². The van der Waals surface area contributed by atoms with E-state index < -0.39 is 22.4 Å². The van der Waals surface area contributed by atoms with Gasteiger partial charge in [0.1, 0.15) is 24.1 Å². The number of carbonyl (C=O) groups excluding carboxylic acids is 2. The summed E-state index contributed by atoms with van der Waals surface area (Å²) in [5.41, 5.74) is 5.44. The number of hydrogen-bond donors (Lipinski definition) is 1. The SMILES string of the molecule is CCCCC1C(=O)[N+](NC(=O)OCc2ccccc2)(c2ccc(F)cc2)c2ccc(OC)cc21. The fourth-order valence-electron chi connectivity index (χ4n) is 4.42. The minimum absolute atomic E-state index is 0.0546. The second-order valence-electron chi connectivity index (χ2n) is 8.28. The van der Waals surface area contributed by atoms with E-state index in [2.05, 4.69) is 12.3 Å². The molecule has 34 heavy (non-hydrogen) atoms. The highest BCUT2D eigenvalue weighted by atomic mass is 19.1. The van der Waals surface area contributed by atoms with Crippen LogP contribution in [0.1, 0.15) is 43.2 Å². The van der Waals surface area contributed by atoms with Crippen molar-refractivity contribution in [3.63, 3.8) is 0 Å². The summed E-state index contributed by atoms with van der Waals surface area (Å²) < 4.78 is 24.1. The number of amides is 2. The summed E-state index contributed by atoms with van der Waals surface area (Å²) in [4.78, 5) is 27.1. The van der Waals surface area contributed by atoms with Crippen LogP contribution in [0.25, 0.3) is 0 Å². The van der Waals surface area contributed by atoms with Gasteiger partial charge in [-0.1, -0.05) is 54.7 Å². The van der Waals surface area contributed by atoms with Crippen LogP contribution < -0.4 is 14.8 Å². The van der Waals surface area contributed by atoms with E-state index in [-0.39, 0.29) is 12.5 Å². The van der Waals surface area contributed by atoms with Crippen LogP contribution in [0.15, 0.2) is 72.8 Å². The molecule has 1 N–H and O–H groups in total. The van der Waals surface area contributed by atoms with Gasteiger partial charge in [0.2, 0.25) is 0 Å². The predicted octanol–water partition coefficient (Wildman–Crippen LogP) is 6.13. The zero-order valence-corrected chi connectivity index (χ0v) is 19.3. The standard InChI is InChI=1S/C27H27FN2O4/c1-3-4-10-23-24-17-22(33-2)15-16-25(24)30(26(23)31,21-13-11-20(28)12-14-21)29-27(32)34-18-19-8-6-5-7-9-19/h5-9,11-17,23H,3-4,10,18H2,1-2H3/p+1. The molecule has 2 amide bonds. The number of rotatable bonds is 8. The van der Waals surface area contributed by atoms with Gasteiger partial charge < -0.3 is 9.47 Å². The summed E-state index contributed by atoms with van der Waals surface area (Å²) in [5, 5.41) is 0. The molecule has 2 unspecified atom stereocenters. The highest BCUT2D eigenvalue weighted by Crippen LogP contribution is 2.49. The van der Waals surface area contributed by atoms with Crippen LogP contribution in [-0.4, -0.2) is 19.1 Å². The van der Waals surface area contributed by atoms with Gasteiger partial charge >= 0.3 is 12.0 Å². The quantitative estimate of drug-likeness (QED) is 0.408. The molecule has 0 spiro atoms. The Morgan fingerprint density at radius 1 is 1.06 bits per heavy atom. The first-order valence-corrected chi connectivity index (χ1v) is 11.4. The molecular formula is C27H28FN2O4+. The number of quaternary nitrogens is 1. The minimum Gasteiger partial charge on any atom is -0.497 e. The maximum absolute atomic E-state index is 14.1. The van der Waals surface area contributed by atoms with Crippen LogP contribution in [0.5, 0.6) is 5.75 Å². The summed E-state index contributed by atoms with van der Waals surface area (Å²) in [6, 6.07) is 20.2. The summed E-state index contributed by atoms with van der Waals surface area (Å²) >= 11 is 0. The van der Waals surface area contributed by atoms with E-state index >= 15 is 0 Å². The highest BCUT2D eigenvalue weighted by molar-refractivity contribution is 6.06. The van der Waals surface area contributed by atoms with Gasteiger partial charge in [-0.3, -0.25) is 0 Å². The second kappa shape index (κ2) is 10.1. The average Bonchev–Trinajstić information content (AvgIpc) is 3.09. The Morgan fingerprint density at radius 3 is 2.47 bits per heavy atom. The Bertz CT molecular complexity index is 1170. The van der Waals surface area contributed by atoms with Crippen molar-refractivity contribution in [1.29, 1.82) is 0 Å². The topological polar surface area (TPSA) is 64.6 Å². The Morgan fingerprint density at radius 2 is 1.79 bits per heavy atom. The van der Waals surface area contributed by atoms with Gasteiger partial charge in [-0.15, -0.1) is 5.43 Å².